The molecule has 0 unspecified atom stereocenters. The second-order valence-corrected chi connectivity index (χ2v) is 9.77. The molecule has 3 aromatic heterocycles. The number of fused-ring (bicyclic) bond motifs is 1. The highest BCUT2D eigenvalue weighted by molar-refractivity contribution is 7.92. The van der Waals surface area contributed by atoms with E-state index in [4.69, 9.17) is 16.3 Å². The second-order valence-electron chi connectivity index (χ2n) is 7.69. The Morgan fingerprint density at radius 3 is 2.57 bits per heavy atom. The SMILES string of the molecule is COc1ncc(Cl)cc1S(=O)(=O)Nc1ccc(F)c(-c2ccc3c(-c4ccccn4)[nH]nc3c2F)c1F. The van der Waals surface area contributed by atoms with Gasteiger partial charge in [0, 0.05) is 23.3 Å². The van der Waals surface area contributed by atoms with Crippen LogP contribution in [-0.2, 0) is 10.0 Å². The van der Waals surface area contributed by atoms with Crippen molar-refractivity contribution in [1.82, 2.24) is 20.2 Å². The number of pyridine rings is 2. The zero-order valence-corrected chi connectivity index (χ0v) is 20.3. The standard InChI is InChI=1S/C24H15ClF3N5O3S/c1-36-24-18(10-12(25)11-30-24)37(34,35)33-16-8-7-15(26)19(21(16)28)13-5-6-14-22(17-4-2-3-9-29-17)31-32-23(14)20(13)27/h2-11,33H,1H3,(H,31,32). The molecule has 0 atom stereocenters. The molecule has 2 N–H and O–H groups in total. The van der Waals surface area contributed by atoms with Crippen molar-refractivity contribution in [2.24, 2.45) is 0 Å². The third-order valence-electron chi connectivity index (χ3n) is 5.46. The Kier molecular flexibility index (Phi) is 6.21. The predicted octanol–water partition coefficient (Wildman–Crippen LogP) is 5.57. The van der Waals surface area contributed by atoms with Crippen molar-refractivity contribution in [2.75, 3.05) is 11.8 Å². The van der Waals surface area contributed by atoms with Gasteiger partial charge in [-0.25, -0.2) is 26.6 Å². The largest absolute Gasteiger partial charge is 0.480 e. The predicted molar refractivity (Wildman–Crippen MR) is 131 cm³/mol. The summed E-state index contributed by atoms with van der Waals surface area (Å²) in [5.41, 5.74) is -1.11. The lowest BCUT2D eigenvalue weighted by atomic mass is 10.0. The van der Waals surface area contributed by atoms with Crippen LogP contribution in [0.15, 0.2) is 65.8 Å². The maximum absolute atomic E-state index is 15.5. The maximum Gasteiger partial charge on any atom is 0.267 e. The van der Waals surface area contributed by atoms with E-state index in [2.05, 4.69) is 20.2 Å². The number of methoxy groups -OCH3 is 1. The highest BCUT2D eigenvalue weighted by Crippen LogP contribution is 2.37. The molecule has 0 bridgehead atoms. The number of nitrogens with one attached hydrogen (secondary N) is 2. The minimum Gasteiger partial charge on any atom is -0.480 e. The summed E-state index contributed by atoms with van der Waals surface area (Å²) in [5, 5.41) is 6.99. The lowest BCUT2D eigenvalue weighted by Gasteiger charge is -2.14. The smallest absolute Gasteiger partial charge is 0.267 e. The van der Waals surface area contributed by atoms with Crippen LogP contribution in [0.25, 0.3) is 33.4 Å². The van der Waals surface area contributed by atoms with Gasteiger partial charge in [-0.2, -0.15) is 5.10 Å². The van der Waals surface area contributed by atoms with Gasteiger partial charge in [-0.3, -0.25) is 14.8 Å². The van der Waals surface area contributed by atoms with E-state index in [9.17, 15) is 12.8 Å². The molecule has 0 saturated carbocycles. The fourth-order valence-corrected chi connectivity index (χ4v) is 5.21. The van der Waals surface area contributed by atoms with E-state index in [1.54, 1.807) is 24.4 Å². The number of hydrogen-bond donors (Lipinski definition) is 2. The number of halogens is 4. The van der Waals surface area contributed by atoms with E-state index in [1.807, 2.05) is 4.72 Å². The third-order valence-corrected chi connectivity index (χ3v) is 7.03. The lowest BCUT2D eigenvalue weighted by Crippen LogP contribution is -2.16. The summed E-state index contributed by atoms with van der Waals surface area (Å²) < 4.78 is 78.7. The van der Waals surface area contributed by atoms with Gasteiger partial charge in [0.1, 0.15) is 11.3 Å². The van der Waals surface area contributed by atoms with Crippen LogP contribution < -0.4 is 9.46 Å². The summed E-state index contributed by atoms with van der Waals surface area (Å²) in [5.74, 6) is -3.75. The average Bonchev–Trinajstić information content (AvgIpc) is 3.32. The molecule has 0 aliphatic rings. The topological polar surface area (TPSA) is 110 Å². The van der Waals surface area contributed by atoms with Crippen LogP contribution in [0.4, 0.5) is 18.9 Å². The van der Waals surface area contributed by atoms with E-state index in [-0.39, 0.29) is 16.4 Å². The van der Waals surface area contributed by atoms with Crippen molar-refractivity contribution in [3.05, 3.63) is 83.4 Å². The van der Waals surface area contributed by atoms with E-state index < -0.39 is 49.2 Å². The first kappa shape index (κ1) is 24.5. The van der Waals surface area contributed by atoms with Gasteiger partial charge < -0.3 is 4.74 Å². The molecule has 0 spiro atoms. The van der Waals surface area contributed by atoms with Crippen LogP contribution in [0.5, 0.6) is 5.88 Å². The van der Waals surface area contributed by atoms with Gasteiger partial charge >= 0.3 is 0 Å². The summed E-state index contributed by atoms with van der Waals surface area (Å²) in [7, 11) is -3.29. The molecule has 2 aromatic carbocycles. The molecule has 0 aliphatic heterocycles. The van der Waals surface area contributed by atoms with Crippen LogP contribution in [0.2, 0.25) is 5.02 Å². The number of H-pyrrole nitrogens is 1. The quantitative estimate of drug-likeness (QED) is 0.289. The average molecular weight is 546 g/mol. The minimum atomic E-state index is -4.49. The van der Waals surface area contributed by atoms with E-state index in [0.29, 0.717) is 16.8 Å². The van der Waals surface area contributed by atoms with Crippen molar-refractivity contribution in [3.63, 3.8) is 0 Å². The summed E-state index contributed by atoms with van der Waals surface area (Å²) in [6, 6.07) is 10.5. The number of aromatic amines is 1. The molecule has 37 heavy (non-hydrogen) atoms. The highest BCUT2D eigenvalue weighted by Gasteiger charge is 2.27. The fraction of sp³-hybridized carbons (Fsp3) is 0.0417. The first-order valence-corrected chi connectivity index (χ1v) is 12.4. The van der Waals surface area contributed by atoms with Gasteiger partial charge in [0.25, 0.3) is 10.0 Å². The van der Waals surface area contributed by atoms with Crippen molar-refractivity contribution >= 4 is 38.2 Å². The summed E-state index contributed by atoms with van der Waals surface area (Å²) >= 11 is 5.86. The number of aromatic nitrogens is 4. The number of hydrogen-bond acceptors (Lipinski definition) is 6. The number of benzene rings is 2. The molecule has 0 aliphatic carbocycles. The maximum atomic E-state index is 15.5. The first-order chi connectivity index (χ1) is 17.7. The summed E-state index contributed by atoms with van der Waals surface area (Å²) in [6.07, 6.45) is 2.72. The van der Waals surface area contributed by atoms with E-state index >= 15 is 8.78 Å². The van der Waals surface area contributed by atoms with Gasteiger partial charge in [-0.1, -0.05) is 23.7 Å². The van der Waals surface area contributed by atoms with Crippen LogP contribution in [0.1, 0.15) is 0 Å². The Hall–Kier alpha value is -4.16. The van der Waals surface area contributed by atoms with Crippen molar-refractivity contribution in [3.8, 4) is 28.4 Å². The van der Waals surface area contributed by atoms with E-state index in [0.717, 1.165) is 18.2 Å². The highest BCUT2D eigenvalue weighted by atomic mass is 35.5. The number of anilines is 1. The molecule has 8 nitrogen and oxygen atoms in total. The monoisotopic (exact) mass is 545 g/mol. The number of sulfonamides is 1. The molecule has 188 valence electrons. The molecule has 0 radical (unpaired) electrons. The zero-order chi connectivity index (χ0) is 26.3. The molecule has 0 fully saturated rings. The Morgan fingerprint density at radius 1 is 1.03 bits per heavy atom. The van der Waals surface area contributed by atoms with Crippen molar-refractivity contribution in [1.29, 1.82) is 0 Å². The Labute approximate surface area is 213 Å². The van der Waals surface area contributed by atoms with Gasteiger partial charge in [0.2, 0.25) is 5.88 Å². The molecule has 13 heteroatoms. The van der Waals surface area contributed by atoms with E-state index in [1.165, 1.54) is 25.4 Å². The molecule has 0 saturated heterocycles. The summed E-state index contributed by atoms with van der Waals surface area (Å²) in [6.45, 7) is 0. The van der Waals surface area contributed by atoms with Crippen molar-refractivity contribution in [2.45, 2.75) is 4.90 Å². The second kappa shape index (κ2) is 9.37. The number of nitrogens with zero attached hydrogens (tertiary/aromatic N) is 3. The summed E-state index contributed by atoms with van der Waals surface area (Å²) in [4.78, 5) is 7.50. The Bertz CT molecular complexity index is 1770. The molecular weight excluding hydrogens is 531 g/mol. The molecule has 3 heterocycles. The third kappa shape index (κ3) is 4.34. The normalized spacial score (nSPS) is 11.6. The van der Waals surface area contributed by atoms with Crippen LogP contribution in [0, 0.1) is 17.5 Å². The van der Waals surface area contributed by atoms with Crippen LogP contribution in [0.3, 0.4) is 0 Å². The Morgan fingerprint density at radius 2 is 1.84 bits per heavy atom. The minimum absolute atomic E-state index is 0.0131. The Balaban J connectivity index is 1.60. The molecule has 0 amide bonds. The molecule has 5 rings (SSSR count). The molecular formula is C24H15ClF3N5O3S. The fourth-order valence-electron chi connectivity index (χ4n) is 3.78. The van der Waals surface area contributed by atoms with Gasteiger partial charge in [0.15, 0.2) is 16.5 Å². The zero-order valence-electron chi connectivity index (χ0n) is 18.8. The van der Waals surface area contributed by atoms with Crippen molar-refractivity contribution < 1.29 is 26.3 Å². The lowest BCUT2D eigenvalue weighted by molar-refractivity contribution is 0.385. The number of ether oxygens (including phenoxy) is 1. The molecule has 5 aromatic rings. The van der Waals surface area contributed by atoms with Crippen LogP contribution in [-0.4, -0.2) is 35.7 Å². The van der Waals surface area contributed by atoms with Gasteiger partial charge in [-0.05, 0) is 36.4 Å². The van der Waals surface area contributed by atoms with Crippen LogP contribution >= 0.6 is 11.6 Å². The van der Waals surface area contributed by atoms with Gasteiger partial charge in [0.05, 0.1) is 34.8 Å². The number of rotatable bonds is 6. The van der Waals surface area contributed by atoms with Gasteiger partial charge in [-0.15, -0.1) is 0 Å². The first-order valence-electron chi connectivity index (χ1n) is 10.5.